The van der Waals surface area contributed by atoms with Crippen molar-refractivity contribution in [3.63, 3.8) is 0 Å². The highest BCUT2D eigenvalue weighted by Crippen LogP contribution is 2.36. The molecule has 0 amide bonds. The molecule has 0 spiro atoms. The van der Waals surface area contributed by atoms with Crippen molar-refractivity contribution < 1.29 is 0 Å². The fourth-order valence-corrected chi connectivity index (χ4v) is 3.84. The summed E-state index contributed by atoms with van der Waals surface area (Å²) in [6.07, 6.45) is 10.3. The Morgan fingerprint density at radius 2 is 2.00 bits per heavy atom. The number of rotatable bonds is 5. The molecule has 5 nitrogen and oxygen atoms in total. The molecule has 0 aromatic carbocycles. The van der Waals surface area contributed by atoms with Gasteiger partial charge in [0.2, 0.25) is 5.13 Å². The SMILES string of the molecule is Nc1nnc(CCCC2CCC(c3cccnn3)CC2)s1. The summed E-state index contributed by atoms with van der Waals surface area (Å²) in [4.78, 5) is 0. The minimum absolute atomic E-state index is 0.578. The summed E-state index contributed by atoms with van der Waals surface area (Å²) in [7, 11) is 0. The first-order chi connectivity index (χ1) is 10.3. The summed E-state index contributed by atoms with van der Waals surface area (Å²) in [5.74, 6) is 1.46. The van der Waals surface area contributed by atoms with Crippen molar-refractivity contribution in [2.75, 3.05) is 5.73 Å². The maximum absolute atomic E-state index is 5.60. The minimum atomic E-state index is 0.578. The van der Waals surface area contributed by atoms with Gasteiger partial charge in [-0.15, -0.1) is 10.2 Å². The average molecular weight is 303 g/mol. The van der Waals surface area contributed by atoms with E-state index in [1.54, 1.807) is 6.20 Å². The lowest BCUT2D eigenvalue weighted by atomic mass is 9.78. The highest BCUT2D eigenvalue weighted by atomic mass is 32.1. The van der Waals surface area contributed by atoms with E-state index in [1.165, 1.54) is 55.6 Å². The molecule has 1 fully saturated rings. The first-order valence-electron chi connectivity index (χ1n) is 7.66. The molecule has 21 heavy (non-hydrogen) atoms. The number of aryl methyl sites for hydroxylation is 1. The van der Waals surface area contributed by atoms with Crippen molar-refractivity contribution in [1.82, 2.24) is 20.4 Å². The Bertz CT molecular complexity index is 548. The summed E-state index contributed by atoms with van der Waals surface area (Å²) >= 11 is 1.51. The van der Waals surface area contributed by atoms with Gasteiger partial charge in [0.25, 0.3) is 0 Å². The normalized spacial score (nSPS) is 22.3. The van der Waals surface area contributed by atoms with E-state index in [-0.39, 0.29) is 0 Å². The summed E-state index contributed by atoms with van der Waals surface area (Å²) in [6.45, 7) is 0. The van der Waals surface area contributed by atoms with Gasteiger partial charge in [-0.1, -0.05) is 17.8 Å². The van der Waals surface area contributed by atoms with Crippen LogP contribution in [0.5, 0.6) is 0 Å². The minimum Gasteiger partial charge on any atom is -0.374 e. The van der Waals surface area contributed by atoms with Gasteiger partial charge in [0, 0.05) is 18.5 Å². The Morgan fingerprint density at radius 3 is 2.67 bits per heavy atom. The van der Waals surface area contributed by atoms with Gasteiger partial charge in [-0.2, -0.15) is 10.2 Å². The van der Waals surface area contributed by atoms with E-state index >= 15 is 0 Å². The standard InChI is InChI=1S/C15H21N5S/c16-15-20-19-14(21-15)5-1-3-11-6-8-12(9-7-11)13-4-2-10-17-18-13/h2,4,10-12H,1,3,5-9H2,(H2,16,20). The first-order valence-corrected chi connectivity index (χ1v) is 8.48. The van der Waals surface area contributed by atoms with Crippen LogP contribution >= 0.6 is 11.3 Å². The van der Waals surface area contributed by atoms with Crippen molar-refractivity contribution in [2.24, 2.45) is 5.92 Å². The highest BCUT2D eigenvalue weighted by Gasteiger charge is 2.23. The molecule has 2 heterocycles. The van der Waals surface area contributed by atoms with Crippen molar-refractivity contribution in [3.05, 3.63) is 29.0 Å². The molecule has 0 atom stereocenters. The first kappa shape index (κ1) is 14.4. The van der Waals surface area contributed by atoms with E-state index in [4.69, 9.17) is 5.73 Å². The second kappa shape index (κ2) is 6.93. The zero-order valence-electron chi connectivity index (χ0n) is 12.1. The van der Waals surface area contributed by atoms with Crippen molar-refractivity contribution >= 4 is 16.5 Å². The van der Waals surface area contributed by atoms with Crippen LogP contribution in [0.3, 0.4) is 0 Å². The molecule has 1 saturated carbocycles. The molecule has 112 valence electrons. The molecule has 2 aromatic rings. The van der Waals surface area contributed by atoms with E-state index in [0.29, 0.717) is 11.0 Å². The monoisotopic (exact) mass is 303 g/mol. The van der Waals surface area contributed by atoms with Gasteiger partial charge >= 0.3 is 0 Å². The van der Waals surface area contributed by atoms with Crippen LogP contribution in [-0.2, 0) is 6.42 Å². The van der Waals surface area contributed by atoms with E-state index in [2.05, 4.69) is 26.5 Å². The Morgan fingerprint density at radius 1 is 1.14 bits per heavy atom. The molecule has 3 rings (SSSR count). The second-order valence-electron chi connectivity index (χ2n) is 5.79. The number of anilines is 1. The van der Waals surface area contributed by atoms with Crippen LogP contribution in [0.1, 0.15) is 55.1 Å². The Labute approximate surface area is 129 Å². The number of nitrogens with two attached hydrogens (primary N) is 1. The molecule has 0 bridgehead atoms. The van der Waals surface area contributed by atoms with Crippen LogP contribution in [-0.4, -0.2) is 20.4 Å². The quantitative estimate of drug-likeness (QED) is 0.917. The highest BCUT2D eigenvalue weighted by molar-refractivity contribution is 7.15. The summed E-state index contributed by atoms with van der Waals surface area (Å²) in [5.41, 5.74) is 6.76. The van der Waals surface area contributed by atoms with E-state index in [1.807, 2.05) is 6.07 Å². The maximum Gasteiger partial charge on any atom is 0.203 e. The average Bonchev–Trinajstić information content (AvgIpc) is 2.94. The third kappa shape index (κ3) is 3.97. The Hall–Kier alpha value is -1.56. The van der Waals surface area contributed by atoms with E-state index < -0.39 is 0 Å². The molecule has 2 N–H and O–H groups in total. The number of hydrogen-bond acceptors (Lipinski definition) is 6. The van der Waals surface area contributed by atoms with Crippen molar-refractivity contribution in [2.45, 2.75) is 50.9 Å². The molecule has 1 aliphatic carbocycles. The van der Waals surface area contributed by atoms with Gasteiger partial charge in [0.1, 0.15) is 5.01 Å². The lowest BCUT2D eigenvalue weighted by Crippen LogP contribution is -2.14. The molecule has 2 aromatic heterocycles. The molecular weight excluding hydrogens is 282 g/mol. The zero-order valence-corrected chi connectivity index (χ0v) is 12.9. The Balaban J connectivity index is 1.40. The van der Waals surface area contributed by atoms with Crippen LogP contribution in [0, 0.1) is 5.92 Å². The van der Waals surface area contributed by atoms with Gasteiger partial charge in [-0.05, 0) is 50.2 Å². The predicted molar refractivity (Wildman–Crippen MR) is 84.0 cm³/mol. The molecule has 6 heteroatoms. The van der Waals surface area contributed by atoms with E-state index in [0.717, 1.165) is 17.3 Å². The molecular formula is C15H21N5S. The molecule has 0 radical (unpaired) electrons. The van der Waals surface area contributed by atoms with Gasteiger partial charge in [-0.25, -0.2) is 0 Å². The Kier molecular flexibility index (Phi) is 4.75. The van der Waals surface area contributed by atoms with Gasteiger partial charge in [-0.3, -0.25) is 0 Å². The summed E-state index contributed by atoms with van der Waals surface area (Å²) in [6, 6.07) is 4.10. The lowest BCUT2D eigenvalue weighted by Gasteiger charge is -2.27. The second-order valence-corrected chi connectivity index (χ2v) is 6.89. The van der Waals surface area contributed by atoms with E-state index in [9.17, 15) is 0 Å². The predicted octanol–water partition coefficient (Wildman–Crippen LogP) is 3.21. The zero-order chi connectivity index (χ0) is 14.5. The van der Waals surface area contributed by atoms with Crippen LogP contribution in [0.4, 0.5) is 5.13 Å². The fraction of sp³-hybridized carbons (Fsp3) is 0.600. The van der Waals surface area contributed by atoms with Crippen LogP contribution in [0.15, 0.2) is 18.3 Å². The largest absolute Gasteiger partial charge is 0.374 e. The van der Waals surface area contributed by atoms with Crippen LogP contribution < -0.4 is 5.73 Å². The molecule has 0 aliphatic heterocycles. The molecule has 0 unspecified atom stereocenters. The van der Waals surface area contributed by atoms with Gasteiger partial charge < -0.3 is 5.73 Å². The summed E-state index contributed by atoms with van der Waals surface area (Å²) in [5, 5.41) is 17.8. The van der Waals surface area contributed by atoms with Crippen molar-refractivity contribution in [3.8, 4) is 0 Å². The third-order valence-corrected chi connectivity index (χ3v) is 5.16. The number of nitrogen functional groups attached to an aromatic ring is 1. The third-order valence-electron chi connectivity index (χ3n) is 4.34. The fourth-order valence-electron chi connectivity index (χ4n) is 3.19. The number of hydrogen-bond donors (Lipinski definition) is 1. The smallest absolute Gasteiger partial charge is 0.203 e. The molecule has 0 saturated heterocycles. The van der Waals surface area contributed by atoms with Crippen LogP contribution in [0.2, 0.25) is 0 Å². The molecule has 1 aliphatic rings. The lowest BCUT2D eigenvalue weighted by molar-refractivity contribution is 0.301. The summed E-state index contributed by atoms with van der Waals surface area (Å²) < 4.78 is 0. The maximum atomic E-state index is 5.60. The van der Waals surface area contributed by atoms with Gasteiger partial charge in [0.05, 0.1) is 5.69 Å². The topological polar surface area (TPSA) is 77.6 Å². The van der Waals surface area contributed by atoms with Crippen LogP contribution in [0.25, 0.3) is 0 Å². The van der Waals surface area contributed by atoms with Gasteiger partial charge in [0.15, 0.2) is 0 Å². The number of nitrogens with zero attached hydrogens (tertiary/aromatic N) is 4. The van der Waals surface area contributed by atoms with Crippen molar-refractivity contribution in [1.29, 1.82) is 0 Å². The number of aromatic nitrogens is 4.